The first-order valence-corrected chi connectivity index (χ1v) is 6.98. The number of carboxylic acids is 1. The number of benzene rings is 1. The zero-order valence-electron chi connectivity index (χ0n) is 12.0. The number of rotatable bonds is 6. The maximum atomic E-state index is 12.8. The average molecular weight is 311 g/mol. The summed E-state index contributed by atoms with van der Waals surface area (Å²) in [6, 6.07) is 5.31. The minimum absolute atomic E-state index is 0.154. The summed E-state index contributed by atoms with van der Waals surface area (Å²) < 4.78 is 23.2. The third-order valence-electron chi connectivity index (χ3n) is 3.53. The summed E-state index contributed by atoms with van der Waals surface area (Å²) in [6.45, 7) is 0.562. The smallest absolute Gasteiger partial charge is 0.305 e. The van der Waals surface area contributed by atoms with E-state index in [9.17, 15) is 14.0 Å². The number of ether oxygens (including phenoxy) is 2. The molecule has 1 aromatic rings. The standard InChI is InChI=1S/C15H18FNO5/c16-11-1-3-12(4-2-11)22-10-13(18)17-15(9-14(19)20)5-7-21-8-6-15/h1-4H,5-10H2,(H,17,18)(H,19,20). The van der Waals surface area contributed by atoms with Crippen molar-refractivity contribution in [1.29, 1.82) is 0 Å². The third kappa shape index (κ3) is 4.70. The highest BCUT2D eigenvalue weighted by Gasteiger charge is 2.36. The van der Waals surface area contributed by atoms with Gasteiger partial charge in [-0.15, -0.1) is 0 Å². The van der Waals surface area contributed by atoms with Gasteiger partial charge in [0.2, 0.25) is 0 Å². The molecule has 0 saturated carbocycles. The highest BCUT2D eigenvalue weighted by molar-refractivity contribution is 5.79. The lowest BCUT2D eigenvalue weighted by molar-refractivity contribution is -0.140. The molecule has 0 spiro atoms. The number of nitrogens with one attached hydrogen (secondary N) is 1. The van der Waals surface area contributed by atoms with E-state index in [4.69, 9.17) is 14.6 Å². The van der Waals surface area contributed by atoms with E-state index in [0.29, 0.717) is 31.8 Å². The zero-order chi connectivity index (χ0) is 16.0. The second-order valence-electron chi connectivity index (χ2n) is 5.25. The Bertz CT molecular complexity index is 525. The van der Waals surface area contributed by atoms with E-state index in [0.717, 1.165) is 0 Å². The van der Waals surface area contributed by atoms with Crippen molar-refractivity contribution in [2.24, 2.45) is 0 Å². The minimum atomic E-state index is -0.971. The molecule has 2 N–H and O–H groups in total. The summed E-state index contributed by atoms with van der Waals surface area (Å²) in [5.74, 6) is -1.40. The Balaban J connectivity index is 1.90. The van der Waals surface area contributed by atoms with Gasteiger partial charge in [-0.3, -0.25) is 9.59 Å². The van der Waals surface area contributed by atoms with Gasteiger partial charge in [0.05, 0.1) is 12.0 Å². The van der Waals surface area contributed by atoms with E-state index >= 15 is 0 Å². The fourth-order valence-corrected chi connectivity index (χ4v) is 2.41. The summed E-state index contributed by atoms with van der Waals surface area (Å²) in [7, 11) is 0. The molecule has 0 radical (unpaired) electrons. The lowest BCUT2D eigenvalue weighted by Crippen LogP contribution is -2.54. The van der Waals surface area contributed by atoms with Gasteiger partial charge in [-0.05, 0) is 37.1 Å². The van der Waals surface area contributed by atoms with Gasteiger partial charge in [0.1, 0.15) is 11.6 Å². The molecule has 0 unspecified atom stereocenters. The van der Waals surface area contributed by atoms with E-state index in [1.165, 1.54) is 24.3 Å². The van der Waals surface area contributed by atoms with Crippen molar-refractivity contribution >= 4 is 11.9 Å². The molecule has 1 aliphatic rings. The van der Waals surface area contributed by atoms with Crippen molar-refractivity contribution < 1.29 is 28.6 Å². The summed E-state index contributed by atoms with van der Waals surface area (Å²) in [5, 5.41) is 11.8. The predicted octanol–water partition coefficient (Wildman–Crippen LogP) is 1.34. The van der Waals surface area contributed by atoms with E-state index in [-0.39, 0.29) is 18.8 Å². The summed E-state index contributed by atoms with van der Waals surface area (Å²) in [5.41, 5.74) is -0.798. The Morgan fingerprint density at radius 1 is 1.27 bits per heavy atom. The second-order valence-corrected chi connectivity index (χ2v) is 5.25. The largest absolute Gasteiger partial charge is 0.484 e. The fraction of sp³-hybridized carbons (Fsp3) is 0.467. The number of aliphatic carboxylic acids is 1. The fourth-order valence-electron chi connectivity index (χ4n) is 2.41. The molecule has 7 heteroatoms. The van der Waals surface area contributed by atoms with Crippen LogP contribution in [-0.4, -0.2) is 42.3 Å². The van der Waals surface area contributed by atoms with Crippen LogP contribution in [0.15, 0.2) is 24.3 Å². The monoisotopic (exact) mass is 311 g/mol. The van der Waals surface area contributed by atoms with Crippen LogP contribution in [0.5, 0.6) is 5.75 Å². The first kappa shape index (κ1) is 16.2. The quantitative estimate of drug-likeness (QED) is 0.828. The molecule has 22 heavy (non-hydrogen) atoms. The van der Waals surface area contributed by atoms with Crippen molar-refractivity contribution in [3.05, 3.63) is 30.1 Å². The van der Waals surface area contributed by atoms with Crippen LogP contribution in [-0.2, 0) is 14.3 Å². The maximum absolute atomic E-state index is 12.8. The first-order valence-electron chi connectivity index (χ1n) is 6.98. The van der Waals surface area contributed by atoms with Crippen molar-refractivity contribution in [2.75, 3.05) is 19.8 Å². The van der Waals surface area contributed by atoms with Crippen LogP contribution < -0.4 is 10.1 Å². The Kier molecular flexibility index (Phi) is 5.32. The minimum Gasteiger partial charge on any atom is -0.484 e. The lowest BCUT2D eigenvalue weighted by atomic mass is 9.86. The van der Waals surface area contributed by atoms with Gasteiger partial charge in [0, 0.05) is 13.2 Å². The molecule has 0 aromatic heterocycles. The molecule has 1 fully saturated rings. The molecule has 120 valence electrons. The van der Waals surface area contributed by atoms with Gasteiger partial charge in [-0.1, -0.05) is 0 Å². The molecular weight excluding hydrogens is 293 g/mol. The molecule has 6 nitrogen and oxygen atoms in total. The van der Waals surface area contributed by atoms with E-state index < -0.39 is 17.4 Å². The Hall–Kier alpha value is -2.15. The number of halogens is 1. The number of hydrogen-bond donors (Lipinski definition) is 2. The van der Waals surface area contributed by atoms with Crippen LogP contribution in [0.25, 0.3) is 0 Å². The number of carbonyl (C=O) groups is 2. The Morgan fingerprint density at radius 3 is 2.50 bits per heavy atom. The summed E-state index contributed by atoms with van der Waals surface area (Å²) in [4.78, 5) is 23.0. The molecule has 1 heterocycles. The number of carbonyl (C=O) groups excluding carboxylic acids is 1. The number of hydrogen-bond acceptors (Lipinski definition) is 4. The van der Waals surface area contributed by atoms with Crippen LogP contribution in [0.1, 0.15) is 19.3 Å². The molecule has 1 aromatic carbocycles. The molecule has 1 aliphatic heterocycles. The number of amides is 1. The molecular formula is C15H18FNO5. The van der Waals surface area contributed by atoms with Crippen LogP contribution in [0, 0.1) is 5.82 Å². The molecule has 2 rings (SSSR count). The lowest BCUT2D eigenvalue weighted by Gasteiger charge is -2.36. The van der Waals surface area contributed by atoms with Crippen LogP contribution in [0.4, 0.5) is 4.39 Å². The van der Waals surface area contributed by atoms with E-state index in [1.54, 1.807) is 0 Å². The predicted molar refractivity (Wildman–Crippen MR) is 75.1 cm³/mol. The Labute approximate surface area is 127 Å². The van der Waals surface area contributed by atoms with Gasteiger partial charge < -0.3 is 19.9 Å². The second kappa shape index (κ2) is 7.22. The van der Waals surface area contributed by atoms with Crippen molar-refractivity contribution in [3.63, 3.8) is 0 Å². The highest BCUT2D eigenvalue weighted by atomic mass is 19.1. The van der Waals surface area contributed by atoms with Crippen molar-refractivity contribution in [1.82, 2.24) is 5.32 Å². The van der Waals surface area contributed by atoms with Crippen molar-refractivity contribution in [2.45, 2.75) is 24.8 Å². The van der Waals surface area contributed by atoms with Crippen LogP contribution in [0.3, 0.4) is 0 Å². The van der Waals surface area contributed by atoms with Gasteiger partial charge in [0.25, 0.3) is 5.91 Å². The van der Waals surface area contributed by atoms with Crippen molar-refractivity contribution in [3.8, 4) is 5.75 Å². The number of carboxylic acid groups (broad SMARTS) is 1. The molecule has 0 aliphatic carbocycles. The zero-order valence-corrected chi connectivity index (χ0v) is 12.0. The molecule has 0 bridgehead atoms. The maximum Gasteiger partial charge on any atom is 0.305 e. The van der Waals surface area contributed by atoms with Gasteiger partial charge in [-0.25, -0.2) is 4.39 Å². The third-order valence-corrected chi connectivity index (χ3v) is 3.53. The summed E-state index contributed by atoms with van der Waals surface area (Å²) in [6.07, 6.45) is 0.738. The highest BCUT2D eigenvalue weighted by Crippen LogP contribution is 2.24. The average Bonchev–Trinajstić information content (AvgIpc) is 2.46. The van der Waals surface area contributed by atoms with E-state index in [1.807, 2.05) is 0 Å². The summed E-state index contributed by atoms with van der Waals surface area (Å²) >= 11 is 0. The first-order chi connectivity index (χ1) is 10.5. The van der Waals surface area contributed by atoms with Crippen LogP contribution >= 0.6 is 0 Å². The van der Waals surface area contributed by atoms with E-state index in [2.05, 4.69) is 5.32 Å². The normalized spacial score (nSPS) is 16.8. The topological polar surface area (TPSA) is 84.9 Å². The van der Waals surface area contributed by atoms with Gasteiger partial charge in [0.15, 0.2) is 6.61 Å². The molecule has 1 amide bonds. The van der Waals surface area contributed by atoms with Crippen LogP contribution in [0.2, 0.25) is 0 Å². The van der Waals surface area contributed by atoms with Gasteiger partial charge in [-0.2, -0.15) is 0 Å². The van der Waals surface area contributed by atoms with Gasteiger partial charge >= 0.3 is 5.97 Å². The molecule has 1 saturated heterocycles. The molecule has 0 atom stereocenters. The Morgan fingerprint density at radius 2 is 1.91 bits per heavy atom. The SMILES string of the molecule is O=C(O)CC1(NC(=O)COc2ccc(F)cc2)CCOCC1.